The number of aryl methyl sites for hydroxylation is 1. The molecule has 0 radical (unpaired) electrons. The van der Waals surface area contributed by atoms with Crippen molar-refractivity contribution in [1.29, 1.82) is 0 Å². The molecule has 6 nitrogen and oxygen atoms in total. The van der Waals surface area contributed by atoms with Crippen LogP contribution in [0, 0.1) is 13.8 Å². The first kappa shape index (κ1) is 17.4. The van der Waals surface area contributed by atoms with Crippen molar-refractivity contribution in [2.45, 2.75) is 44.0 Å². The van der Waals surface area contributed by atoms with Crippen LogP contribution in [0.25, 0.3) is 0 Å². The van der Waals surface area contributed by atoms with E-state index in [1.807, 2.05) is 0 Å². The minimum Gasteiger partial charge on any atom is -0.486 e. The highest BCUT2D eigenvalue weighted by molar-refractivity contribution is 7.89. The monoisotopic (exact) mass is 376 g/mol. The molecule has 1 aliphatic carbocycles. The van der Waals surface area contributed by atoms with E-state index in [9.17, 15) is 8.42 Å². The van der Waals surface area contributed by atoms with Gasteiger partial charge >= 0.3 is 0 Å². The van der Waals surface area contributed by atoms with Crippen molar-refractivity contribution in [2.75, 3.05) is 19.8 Å². The molecule has 1 aromatic heterocycles. The Bertz CT molecular complexity index is 929. The van der Waals surface area contributed by atoms with Crippen LogP contribution in [0.15, 0.2) is 29.2 Å². The summed E-state index contributed by atoms with van der Waals surface area (Å²) in [6.07, 6.45) is 3.16. The van der Waals surface area contributed by atoms with Gasteiger partial charge in [0.25, 0.3) is 0 Å². The van der Waals surface area contributed by atoms with E-state index in [0.717, 1.165) is 0 Å². The Morgan fingerprint density at radius 3 is 2.58 bits per heavy atom. The fourth-order valence-corrected chi connectivity index (χ4v) is 4.63. The van der Waals surface area contributed by atoms with Crippen molar-refractivity contribution in [1.82, 2.24) is 9.29 Å². The van der Waals surface area contributed by atoms with Crippen LogP contribution in [-0.2, 0) is 16.4 Å². The Morgan fingerprint density at radius 1 is 1.12 bits per heavy atom. The Kier molecular flexibility index (Phi) is 4.44. The lowest BCUT2D eigenvalue weighted by Gasteiger charge is -2.18. The first-order chi connectivity index (χ1) is 12.5. The van der Waals surface area contributed by atoms with Gasteiger partial charge in [-0.05, 0) is 56.9 Å². The maximum Gasteiger partial charge on any atom is 0.240 e. The average molecular weight is 376 g/mol. The van der Waals surface area contributed by atoms with Crippen molar-refractivity contribution >= 4 is 10.0 Å². The molecule has 26 heavy (non-hydrogen) atoms. The predicted molar refractivity (Wildman–Crippen MR) is 98.5 cm³/mol. The van der Waals surface area contributed by atoms with E-state index in [-0.39, 0.29) is 4.90 Å². The molecule has 7 heteroatoms. The lowest BCUT2D eigenvalue weighted by Crippen LogP contribution is -2.26. The molecule has 1 saturated carbocycles. The number of nitrogens with one attached hydrogen (secondary N) is 1. The van der Waals surface area contributed by atoms with Crippen LogP contribution in [0.4, 0.5) is 0 Å². The molecule has 1 N–H and O–H groups in total. The van der Waals surface area contributed by atoms with Gasteiger partial charge in [-0.15, -0.1) is 0 Å². The van der Waals surface area contributed by atoms with Crippen LogP contribution in [0.3, 0.4) is 0 Å². The summed E-state index contributed by atoms with van der Waals surface area (Å²) >= 11 is 0. The molecule has 140 valence electrons. The number of hydrogen-bond donors (Lipinski definition) is 1. The van der Waals surface area contributed by atoms with Crippen LogP contribution >= 0.6 is 0 Å². The lowest BCUT2D eigenvalue weighted by molar-refractivity contribution is 0.171. The molecule has 1 aromatic carbocycles. The Balaban J connectivity index is 1.43. The lowest BCUT2D eigenvalue weighted by atomic mass is 10.2. The van der Waals surface area contributed by atoms with Gasteiger partial charge in [-0.25, -0.2) is 13.1 Å². The summed E-state index contributed by atoms with van der Waals surface area (Å²) in [5, 5.41) is 0. The molecule has 0 unspecified atom stereocenters. The van der Waals surface area contributed by atoms with E-state index >= 15 is 0 Å². The second kappa shape index (κ2) is 6.63. The topological polar surface area (TPSA) is 69.6 Å². The molecule has 2 aliphatic rings. The fraction of sp³-hybridized carbons (Fsp3) is 0.474. The number of fused-ring (bicyclic) bond motifs is 1. The van der Waals surface area contributed by atoms with E-state index in [1.165, 1.54) is 35.9 Å². The smallest absolute Gasteiger partial charge is 0.240 e. The number of hydrogen-bond acceptors (Lipinski definition) is 4. The van der Waals surface area contributed by atoms with Crippen LogP contribution in [-0.4, -0.2) is 32.7 Å². The van der Waals surface area contributed by atoms with Crippen molar-refractivity contribution < 1.29 is 17.9 Å². The van der Waals surface area contributed by atoms with Crippen LogP contribution in [0.5, 0.6) is 11.5 Å². The third-order valence-corrected chi connectivity index (χ3v) is 6.47. The Labute approximate surface area is 154 Å². The van der Waals surface area contributed by atoms with Crippen LogP contribution in [0.2, 0.25) is 0 Å². The molecule has 0 amide bonds. The van der Waals surface area contributed by atoms with Gasteiger partial charge in [0.15, 0.2) is 11.5 Å². The fourth-order valence-electron chi connectivity index (χ4n) is 3.59. The van der Waals surface area contributed by atoms with E-state index < -0.39 is 10.0 Å². The molecule has 2 heterocycles. The SMILES string of the molecule is Cc1cc(CCNS(=O)(=O)c2ccc3c(c2)OCCO3)c(C)n1C1CC1. The van der Waals surface area contributed by atoms with E-state index in [2.05, 4.69) is 29.2 Å². The highest BCUT2D eigenvalue weighted by atomic mass is 32.2. The predicted octanol–water partition coefficient (Wildman–Crippen LogP) is 2.73. The quantitative estimate of drug-likeness (QED) is 0.842. The third kappa shape index (κ3) is 3.33. The highest BCUT2D eigenvalue weighted by Gasteiger charge is 2.27. The van der Waals surface area contributed by atoms with Gasteiger partial charge in [0.05, 0.1) is 4.90 Å². The van der Waals surface area contributed by atoms with Gasteiger partial charge in [-0.3, -0.25) is 0 Å². The maximum atomic E-state index is 12.6. The summed E-state index contributed by atoms with van der Waals surface area (Å²) in [4.78, 5) is 0.199. The number of ether oxygens (including phenoxy) is 2. The summed E-state index contributed by atoms with van der Waals surface area (Å²) in [7, 11) is -3.58. The Hall–Kier alpha value is -1.99. The van der Waals surface area contributed by atoms with Crippen molar-refractivity contribution in [3.05, 3.63) is 41.2 Å². The summed E-state index contributed by atoms with van der Waals surface area (Å²) in [6.45, 7) is 5.52. The van der Waals surface area contributed by atoms with Crippen LogP contribution in [0.1, 0.15) is 35.8 Å². The van der Waals surface area contributed by atoms with E-state index in [0.29, 0.717) is 43.7 Å². The van der Waals surface area contributed by atoms with Gasteiger partial charge < -0.3 is 14.0 Å². The van der Waals surface area contributed by atoms with Crippen molar-refractivity contribution in [2.24, 2.45) is 0 Å². The van der Waals surface area contributed by atoms with Gasteiger partial charge in [0.2, 0.25) is 10.0 Å². The molecule has 0 atom stereocenters. The maximum absolute atomic E-state index is 12.6. The second-order valence-corrected chi connectivity index (χ2v) is 8.72. The third-order valence-electron chi connectivity index (χ3n) is 5.01. The highest BCUT2D eigenvalue weighted by Crippen LogP contribution is 2.38. The molecular formula is C19H24N2O4S. The van der Waals surface area contributed by atoms with E-state index in [4.69, 9.17) is 9.47 Å². The van der Waals surface area contributed by atoms with Gasteiger partial charge in [-0.2, -0.15) is 0 Å². The molecule has 1 fully saturated rings. The molecule has 1 aliphatic heterocycles. The zero-order valence-electron chi connectivity index (χ0n) is 15.1. The normalized spacial score (nSPS) is 16.7. The number of nitrogens with zero attached hydrogens (tertiary/aromatic N) is 1. The summed E-state index contributed by atoms with van der Waals surface area (Å²) in [5.74, 6) is 1.06. The molecule has 0 spiro atoms. The van der Waals surface area contributed by atoms with Crippen molar-refractivity contribution in [3.8, 4) is 11.5 Å². The zero-order chi connectivity index (χ0) is 18.3. The first-order valence-corrected chi connectivity index (χ1v) is 10.5. The number of rotatable bonds is 6. The molecule has 0 bridgehead atoms. The second-order valence-electron chi connectivity index (χ2n) is 6.95. The van der Waals surface area contributed by atoms with Gasteiger partial charge in [0.1, 0.15) is 13.2 Å². The van der Waals surface area contributed by atoms with E-state index in [1.54, 1.807) is 12.1 Å². The summed E-state index contributed by atoms with van der Waals surface area (Å²) in [5.41, 5.74) is 3.72. The molecule has 2 aromatic rings. The number of sulfonamides is 1. The zero-order valence-corrected chi connectivity index (χ0v) is 15.9. The van der Waals surface area contributed by atoms with Gasteiger partial charge in [0, 0.05) is 30.0 Å². The van der Waals surface area contributed by atoms with Crippen molar-refractivity contribution in [3.63, 3.8) is 0 Å². The number of aromatic nitrogens is 1. The average Bonchev–Trinajstić information content (AvgIpc) is 3.41. The standard InChI is InChI=1S/C19H24N2O4S/c1-13-11-15(14(2)21(13)16-3-4-16)7-8-20-26(22,23)17-5-6-18-19(12-17)25-10-9-24-18/h5-6,11-12,16,20H,3-4,7-10H2,1-2H3. The Morgan fingerprint density at radius 2 is 1.85 bits per heavy atom. The molecule has 0 saturated heterocycles. The minimum absolute atomic E-state index is 0.199. The minimum atomic E-state index is -3.58. The largest absolute Gasteiger partial charge is 0.486 e. The molecular weight excluding hydrogens is 352 g/mol. The number of benzene rings is 1. The molecule has 4 rings (SSSR count). The van der Waals surface area contributed by atoms with Gasteiger partial charge in [-0.1, -0.05) is 0 Å². The van der Waals surface area contributed by atoms with Crippen LogP contribution < -0.4 is 14.2 Å². The summed E-state index contributed by atoms with van der Waals surface area (Å²) < 4.78 is 41.1. The summed E-state index contributed by atoms with van der Waals surface area (Å²) in [6, 6.07) is 7.53. The first-order valence-electron chi connectivity index (χ1n) is 9.02.